The second-order valence-corrected chi connectivity index (χ2v) is 5.03. The van der Waals surface area contributed by atoms with Gasteiger partial charge >= 0.3 is 5.97 Å². The third kappa shape index (κ3) is 5.14. The molecule has 0 amide bonds. The molecule has 0 atom stereocenters. The van der Waals surface area contributed by atoms with Gasteiger partial charge in [-0.05, 0) is 37.2 Å². The van der Waals surface area contributed by atoms with Gasteiger partial charge in [-0.15, -0.1) is 0 Å². The third-order valence-corrected chi connectivity index (χ3v) is 3.19. The molecule has 5 heteroatoms. The highest BCUT2D eigenvalue weighted by molar-refractivity contribution is 9.10. The summed E-state index contributed by atoms with van der Waals surface area (Å²) in [6.07, 6.45) is 0.969. The number of benzene rings is 1. The van der Waals surface area contributed by atoms with Crippen LogP contribution in [0.25, 0.3) is 0 Å². The van der Waals surface area contributed by atoms with Crippen LogP contribution in [-0.2, 0) is 16.0 Å². The number of carbonyl (C=O) groups excluding carboxylic acids is 1. The van der Waals surface area contributed by atoms with Gasteiger partial charge in [0.1, 0.15) is 5.82 Å². The van der Waals surface area contributed by atoms with E-state index in [4.69, 9.17) is 0 Å². The Morgan fingerprint density at radius 3 is 2.83 bits per heavy atom. The maximum absolute atomic E-state index is 13.5. The Balaban J connectivity index is 2.40. The molecule has 3 nitrogen and oxygen atoms in total. The zero-order valence-corrected chi connectivity index (χ0v) is 12.2. The van der Waals surface area contributed by atoms with Crippen molar-refractivity contribution < 1.29 is 13.9 Å². The first-order chi connectivity index (χ1) is 8.52. The van der Waals surface area contributed by atoms with Crippen molar-refractivity contribution in [2.24, 2.45) is 0 Å². The van der Waals surface area contributed by atoms with E-state index >= 15 is 0 Å². The molecule has 1 aromatic carbocycles. The van der Waals surface area contributed by atoms with Crippen LogP contribution in [0.3, 0.4) is 0 Å². The first-order valence-corrected chi connectivity index (χ1v) is 6.51. The van der Waals surface area contributed by atoms with E-state index in [2.05, 4.69) is 20.7 Å². The van der Waals surface area contributed by atoms with Gasteiger partial charge in [0.25, 0.3) is 0 Å². The Morgan fingerprint density at radius 1 is 1.44 bits per heavy atom. The van der Waals surface area contributed by atoms with E-state index in [1.165, 1.54) is 13.2 Å². The SMILES string of the molecule is COC(=O)CCN(C)CCc1cc(Br)ccc1F. The van der Waals surface area contributed by atoms with Crippen LogP contribution >= 0.6 is 15.9 Å². The lowest BCUT2D eigenvalue weighted by Crippen LogP contribution is -2.24. The van der Waals surface area contributed by atoms with Crippen LogP contribution in [0.4, 0.5) is 4.39 Å². The lowest BCUT2D eigenvalue weighted by molar-refractivity contribution is -0.140. The third-order valence-electron chi connectivity index (χ3n) is 2.70. The quantitative estimate of drug-likeness (QED) is 0.755. The normalized spacial score (nSPS) is 10.7. The summed E-state index contributed by atoms with van der Waals surface area (Å²) in [6, 6.07) is 4.91. The van der Waals surface area contributed by atoms with E-state index < -0.39 is 0 Å². The molecule has 0 N–H and O–H groups in total. The van der Waals surface area contributed by atoms with E-state index in [-0.39, 0.29) is 11.8 Å². The fourth-order valence-corrected chi connectivity index (χ4v) is 1.95. The Bertz CT molecular complexity index is 412. The molecule has 0 saturated carbocycles. The summed E-state index contributed by atoms with van der Waals surface area (Å²) < 4.78 is 18.9. The number of likely N-dealkylation sites (N-methyl/N-ethyl adjacent to an activating group) is 1. The minimum atomic E-state index is -0.226. The predicted octanol–water partition coefficient (Wildman–Crippen LogP) is 2.63. The summed E-state index contributed by atoms with van der Waals surface area (Å²) in [5.41, 5.74) is 0.675. The van der Waals surface area contributed by atoms with Gasteiger partial charge in [-0.25, -0.2) is 4.39 Å². The number of hydrogen-bond acceptors (Lipinski definition) is 3. The van der Waals surface area contributed by atoms with Gasteiger partial charge in [0.05, 0.1) is 13.5 Å². The summed E-state index contributed by atoms with van der Waals surface area (Å²) in [4.78, 5) is 13.0. The molecule has 0 radical (unpaired) electrons. The molecular weight excluding hydrogens is 301 g/mol. The van der Waals surface area contributed by atoms with Crippen molar-refractivity contribution in [2.75, 3.05) is 27.2 Å². The summed E-state index contributed by atoms with van der Waals surface area (Å²) >= 11 is 3.32. The van der Waals surface area contributed by atoms with E-state index in [1.54, 1.807) is 12.1 Å². The number of halogens is 2. The minimum absolute atomic E-state index is 0.195. The van der Waals surface area contributed by atoms with Crippen molar-refractivity contribution in [1.82, 2.24) is 4.90 Å². The van der Waals surface area contributed by atoms with Crippen LogP contribution in [0.2, 0.25) is 0 Å². The van der Waals surface area contributed by atoms with Gasteiger partial charge in [-0.3, -0.25) is 4.79 Å². The summed E-state index contributed by atoms with van der Waals surface area (Å²) in [5, 5.41) is 0. The predicted molar refractivity (Wildman–Crippen MR) is 71.9 cm³/mol. The van der Waals surface area contributed by atoms with Crippen LogP contribution < -0.4 is 0 Å². The van der Waals surface area contributed by atoms with E-state index in [0.29, 0.717) is 31.5 Å². The molecule has 1 rings (SSSR count). The molecule has 0 aromatic heterocycles. The molecule has 0 saturated heterocycles. The van der Waals surface area contributed by atoms with Crippen molar-refractivity contribution in [2.45, 2.75) is 12.8 Å². The zero-order chi connectivity index (χ0) is 13.5. The van der Waals surface area contributed by atoms with Crippen LogP contribution in [0.15, 0.2) is 22.7 Å². The largest absolute Gasteiger partial charge is 0.469 e. The van der Waals surface area contributed by atoms with Gasteiger partial charge < -0.3 is 9.64 Å². The minimum Gasteiger partial charge on any atom is -0.469 e. The van der Waals surface area contributed by atoms with Gasteiger partial charge in [0, 0.05) is 17.6 Å². The van der Waals surface area contributed by atoms with Crippen LogP contribution in [0.1, 0.15) is 12.0 Å². The highest BCUT2D eigenvalue weighted by atomic mass is 79.9. The van der Waals surface area contributed by atoms with Crippen molar-refractivity contribution in [3.8, 4) is 0 Å². The maximum Gasteiger partial charge on any atom is 0.306 e. The summed E-state index contributed by atoms with van der Waals surface area (Å²) in [6.45, 7) is 1.31. The number of ether oxygens (including phenoxy) is 1. The first kappa shape index (κ1) is 15.1. The second-order valence-electron chi connectivity index (χ2n) is 4.12. The van der Waals surface area contributed by atoms with Crippen LogP contribution in [-0.4, -0.2) is 38.1 Å². The lowest BCUT2D eigenvalue weighted by Gasteiger charge is -2.16. The Labute approximate surface area is 115 Å². The highest BCUT2D eigenvalue weighted by Crippen LogP contribution is 2.16. The van der Waals surface area contributed by atoms with E-state index in [1.807, 2.05) is 11.9 Å². The second kappa shape index (κ2) is 7.48. The Hall–Kier alpha value is -0.940. The smallest absolute Gasteiger partial charge is 0.306 e. The number of rotatable bonds is 6. The monoisotopic (exact) mass is 317 g/mol. The fraction of sp³-hybridized carbons (Fsp3) is 0.462. The van der Waals surface area contributed by atoms with Crippen molar-refractivity contribution >= 4 is 21.9 Å². The average molecular weight is 318 g/mol. The van der Waals surface area contributed by atoms with Crippen LogP contribution in [0.5, 0.6) is 0 Å². The molecule has 1 aromatic rings. The number of carbonyl (C=O) groups is 1. The fourth-order valence-electron chi connectivity index (χ4n) is 1.54. The first-order valence-electron chi connectivity index (χ1n) is 5.72. The molecular formula is C13H17BrFNO2. The van der Waals surface area contributed by atoms with Gasteiger partial charge in [-0.2, -0.15) is 0 Å². The van der Waals surface area contributed by atoms with Crippen molar-refractivity contribution in [3.05, 3.63) is 34.1 Å². The van der Waals surface area contributed by atoms with Crippen LogP contribution in [0, 0.1) is 5.82 Å². The molecule has 0 bridgehead atoms. The van der Waals surface area contributed by atoms with Crippen molar-refractivity contribution in [3.63, 3.8) is 0 Å². The number of nitrogens with zero attached hydrogens (tertiary/aromatic N) is 1. The molecule has 0 fully saturated rings. The van der Waals surface area contributed by atoms with Gasteiger partial charge in [0.15, 0.2) is 0 Å². The van der Waals surface area contributed by atoms with E-state index in [9.17, 15) is 9.18 Å². The maximum atomic E-state index is 13.5. The topological polar surface area (TPSA) is 29.5 Å². The highest BCUT2D eigenvalue weighted by Gasteiger charge is 2.07. The molecule has 0 heterocycles. The molecule has 0 unspecified atom stereocenters. The van der Waals surface area contributed by atoms with Crippen molar-refractivity contribution in [1.29, 1.82) is 0 Å². The average Bonchev–Trinajstić information content (AvgIpc) is 2.36. The zero-order valence-electron chi connectivity index (χ0n) is 10.6. The standard InChI is InChI=1S/C13H17BrFNO2/c1-16(8-6-13(17)18-2)7-5-10-9-11(14)3-4-12(10)15/h3-4,9H,5-8H2,1-2H3. The summed E-state index contributed by atoms with van der Waals surface area (Å²) in [5.74, 6) is -0.421. The van der Waals surface area contributed by atoms with E-state index in [0.717, 1.165) is 4.47 Å². The lowest BCUT2D eigenvalue weighted by atomic mass is 10.1. The van der Waals surface area contributed by atoms with Gasteiger partial charge in [-0.1, -0.05) is 15.9 Å². The molecule has 0 aliphatic heterocycles. The molecule has 18 heavy (non-hydrogen) atoms. The molecule has 0 spiro atoms. The Morgan fingerprint density at radius 2 is 2.17 bits per heavy atom. The molecule has 0 aliphatic rings. The molecule has 100 valence electrons. The number of methoxy groups -OCH3 is 1. The van der Waals surface area contributed by atoms with Gasteiger partial charge in [0.2, 0.25) is 0 Å². The molecule has 0 aliphatic carbocycles. The summed E-state index contributed by atoms with van der Waals surface area (Å²) in [7, 11) is 3.28. The number of hydrogen-bond donors (Lipinski definition) is 0. The Kier molecular flexibility index (Phi) is 6.29. The number of esters is 1.